The molecule has 5 nitrogen and oxygen atoms in total. The third kappa shape index (κ3) is 1.62. The van der Waals surface area contributed by atoms with E-state index in [1.807, 2.05) is 11.4 Å². The Morgan fingerprint density at radius 2 is 2.00 bits per heavy atom. The molecule has 0 unspecified atom stereocenters. The highest BCUT2D eigenvalue weighted by Crippen LogP contribution is 2.34. The van der Waals surface area contributed by atoms with Crippen molar-refractivity contribution in [1.82, 2.24) is 19.8 Å². The zero-order valence-corrected chi connectivity index (χ0v) is 10.1. The molecule has 16 heavy (non-hydrogen) atoms. The lowest BCUT2D eigenvalue weighted by molar-refractivity contribution is 0.393. The van der Waals surface area contributed by atoms with Crippen molar-refractivity contribution in [2.75, 3.05) is 0 Å². The van der Waals surface area contributed by atoms with Crippen molar-refractivity contribution in [3.05, 3.63) is 10.8 Å². The summed E-state index contributed by atoms with van der Waals surface area (Å²) in [6, 6.07) is 0.392. The maximum Gasteiger partial charge on any atom is 0.234 e. The van der Waals surface area contributed by atoms with Gasteiger partial charge in [0.05, 0.1) is 0 Å². The standard InChI is InChI=1S/C10H15N5S/c1-6-12-13-10-15(6)14-9(16-10)7-2-4-8(11)5-3-7/h7-8H,2-5,11H2,1H3. The normalized spacial score (nSPS) is 26.4. The van der Waals surface area contributed by atoms with E-state index < -0.39 is 0 Å². The summed E-state index contributed by atoms with van der Waals surface area (Å²) in [5.41, 5.74) is 5.91. The molecule has 0 radical (unpaired) electrons. The summed E-state index contributed by atoms with van der Waals surface area (Å²) in [5.74, 6) is 1.44. The summed E-state index contributed by atoms with van der Waals surface area (Å²) in [4.78, 5) is 0.905. The molecule has 1 fully saturated rings. The Labute approximate surface area is 97.7 Å². The minimum atomic E-state index is 0.392. The number of hydrogen-bond acceptors (Lipinski definition) is 5. The van der Waals surface area contributed by atoms with Crippen LogP contribution < -0.4 is 5.73 Å². The van der Waals surface area contributed by atoms with Crippen LogP contribution in [0, 0.1) is 6.92 Å². The Balaban J connectivity index is 1.88. The molecule has 3 rings (SSSR count). The van der Waals surface area contributed by atoms with Crippen LogP contribution in [0.4, 0.5) is 0 Å². The van der Waals surface area contributed by atoms with E-state index in [0.717, 1.165) is 36.5 Å². The van der Waals surface area contributed by atoms with Crippen LogP contribution in [-0.2, 0) is 0 Å². The Kier molecular flexibility index (Phi) is 2.40. The molecule has 2 aromatic heterocycles. The molecule has 2 N–H and O–H groups in total. The van der Waals surface area contributed by atoms with E-state index in [1.54, 1.807) is 11.3 Å². The molecular formula is C10H15N5S. The van der Waals surface area contributed by atoms with Gasteiger partial charge in [0.1, 0.15) is 5.01 Å². The third-order valence-corrected chi connectivity index (χ3v) is 4.34. The van der Waals surface area contributed by atoms with Crippen molar-refractivity contribution in [1.29, 1.82) is 0 Å². The summed E-state index contributed by atoms with van der Waals surface area (Å²) in [5, 5.41) is 13.9. The number of nitrogens with two attached hydrogens (primary N) is 1. The SMILES string of the molecule is Cc1nnc2sc(C3CCC(N)CC3)nn12. The van der Waals surface area contributed by atoms with Gasteiger partial charge < -0.3 is 5.73 Å². The van der Waals surface area contributed by atoms with Crippen molar-refractivity contribution in [2.45, 2.75) is 44.6 Å². The monoisotopic (exact) mass is 237 g/mol. The van der Waals surface area contributed by atoms with Crippen molar-refractivity contribution in [3.63, 3.8) is 0 Å². The van der Waals surface area contributed by atoms with Crippen molar-refractivity contribution in [2.24, 2.45) is 5.73 Å². The predicted octanol–water partition coefficient (Wildman–Crippen LogP) is 1.48. The smallest absolute Gasteiger partial charge is 0.234 e. The largest absolute Gasteiger partial charge is 0.328 e. The second-order valence-corrected chi connectivity index (χ2v) is 5.48. The minimum Gasteiger partial charge on any atom is -0.328 e. The minimum absolute atomic E-state index is 0.392. The zero-order valence-electron chi connectivity index (χ0n) is 9.26. The summed E-state index contributed by atoms with van der Waals surface area (Å²) >= 11 is 1.66. The molecule has 2 heterocycles. The Bertz CT molecular complexity index is 494. The summed E-state index contributed by atoms with van der Waals surface area (Å²) in [7, 11) is 0. The number of aryl methyl sites for hydroxylation is 1. The second kappa shape index (κ2) is 3.78. The first-order chi connectivity index (χ1) is 7.74. The Morgan fingerprint density at radius 1 is 1.25 bits per heavy atom. The van der Waals surface area contributed by atoms with Crippen LogP contribution in [0.15, 0.2) is 0 Å². The van der Waals surface area contributed by atoms with Crippen molar-refractivity contribution in [3.8, 4) is 0 Å². The Morgan fingerprint density at radius 3 is 2.69 bits per heavy atom. The number of fused-ring (bicyclic) bond motifs is 1. The molecule has 86 valence electrons. The molecule has 0 amide bonds. The highest BCUT2D eigenvalue weighted by molar-refractivity contribution is 7.16. The first-order valence-electron chi connectivity index (χ1n) is 5.68. The molecule has 0 aromatic carbocycles. The second-order valence-electron chi connectivity index (χ2n) is 4.49. The first-order valence-corrected chi connectivity index (χ1v) is 6.50. The van der Waals surface area contributed by atoms with Gasteiger partial charge in [-0.1, -0.05) is 11.3 Å². The van der Waals surface area contributed by atoms with Crippen LogP contribution in [-0.4, -0.2) is 25.9 Å². The average molecular weight is 237 g/mol. The van der Waals surface area contributed by atoms with Crippen LogP contribution in [0.3, 0.4) is 0 Å². The van der Waals surface area contributed by atoms with Gasteiger partial charge in [-0.15, -0.1) is 10.2 Å². The molecule has 1 saturated carbocycles. The maximum atomic E-state index is 5.91. The lowest BCUT2D eigenvalue weighted by Gasteiger charge is -2.23. The third-order valence-electron chi connectivity index (χ3n) is 3.28. The molecule has 0 bridgehead atoms. The lowest BCUT2D eigenvalue weighted by atomic mass is 9.87. The van der Waals surface area contributed by atoms with Crippen LogP contribution in [0.5, 0.6) is 0 Å². The Hall–Kier alpha value is -1.01. The molecule has 0 spiro atoms. The molecular weight excluding hydrogens is 222 g/mol. The summed E-state index contributed by atoms with van der Waals surface area (Å²) in [6.07, 6.45) is 4.54. The number of hydrogen-bond donors (Lipinski definition) is 1. The van der Waals surface area contributed by atoms with Gasteiger partial charge >= 0.3 is 0 Å². The average Bonchev–Trinajstić information content (AvgIpc) is 2.83. The molecule has 1 aliphatic carbocycles. The van der Waals surface area contributed by atoms with E-state index in [9.17, 15) is 0 Å². The van der Waals surface area contributed by atoms with Gasteiger partial charge in [0, 0.05) is 12.0 Å². The summed E-state index contributed by atoms with van der Waals surface area (Å²) in [6.45, 7) is 1.93. The quantitative estimate of drug-likeness (QED) is 0.815. The van der Waals surface area contributed by atoms with Gasteiger partial charge in [0.2, 0.25) is 4.96 Å². The molecule has 6 heteroatoms. The van der Waals surface area contributed by atoms with Gasteiger partial charge in [0.25, 0.3) is 0 Å². The van der Waals surface area contributed by atoms with Crippen molar-refractivity contribution >= 4 is 16.3 Å². The number of nitrogens with zero attached hydrogens (tertiary/aromatic N) is 4. The van der Waals surface area contributed by atoms with E-state index in [-0.39, 0.29) is 0 Å². The number of rotatable bonds is 1. The fourth-order valence-corrected chi connectivity index (χ4v) is 3.31. The van der Waals surface area contributed by atoms with Crippen molar-refractivity contribution < 1.29 is 0 Å². The van der Waals surface area contributed by atoms with Crippen LogP contribution >= 0.6 is 11.3 Å². The van der Waals surface area contributed by atoms with Gasteiger partial charge in [0.15, 0.2) is 5.82 Å². The zero-order chi connectivity index (χ0) is 11.1. The van der Waals surface area contributed by atoms with Crippen LogP contribution in [0.25, 0.3) is 4.96 Å². The van der Waals surface area contributed by atoms with E-state index in [4.69, 9.17) is 5.73 Å². The molecule has 2 aromatic rings. The van der Waals surface area contributed by atoms with E-state index in [1.165, 1.54) is 5.01 Å². The topological polar surface area (TPSA) is 69.1 Å². The lowest BCUT2D eigenvalue weighted by Crippen LogP contribution is -2.25. The van der Waals surface area contributed by atoms with E-state index in [2.05, 4.69) is 15.3 Å². The van der Waals surface area contributed by atoms with Crippen LogP contribution in [0.2, 0.25) is 0 Å². The number of aromatic nitrogens is 4. The van der Waals surface area contributed by atoms with Gasteiger partial charge in [-0.05, 0) is 32.6 Å². The summed E-state index contributed by atoms with van der Waals surface area (Å²) < 4.78 is 1.84. The molecule has 0 atom stereocenters. The highest BCUT2D eigenvalue weighted by atomic mass is 32.1. The van der Waals surface area contributed by atoms with E-state index >= 15 is 0 Å². The predicted molar refractivity (Wildman–Crippen MR) is 62.6 cm³/mol. The highest BCUT2D eigenvalue weighted by Gasteiger charge is 2.23. The molecule has 1 aliphatic rings. The fourth-order valence-electron chi connectivity index (χ4n) is 2.26. The van der Waals surface area contributed by atoms with Gasteiger partial charge in [-0.3, -0.25) is 0 Å². The van der Waals surface area contributed by atoms with Gasteiger partial charge in [-0.2, -0.15) is 9.61 Å². The fraction of sp³-hybridized carbons (Fsp3) is 0.700. The molecule has 0 saturated heterocycles. The van der Waals surface area contributed by atoms with Crippen LogP contribution in [0.1, 0.15) is 42.4 Å². The molecule has 0 aliphatic heterocycles. The maximum absolute atomic E-state index is 5.91. The van der Waals surface area contributed by atoms with E-state index in [0.29, 0.717) is 12.0 Å². The van der Waals surface area contributed by atoms with Gasteiger partial charge in [-0.25, -0.2) is 0 Å². The first kappa shape index (κ1) is 10.2.